The van der Waals surface area contributed by atoms with E-state index >= 15 is 0 Å². The number of hydrogen-bond donors (Lipinski definition) is 0. The van der Waals surface area contributed by atoms with Gasteiger partial charge in [0.2, 0.25) is 5.95 Å². The number of fused-ring (bicyclic) bond motifs is 1. The summed E-state index contributed by atoms with van der Waals surface area (Å²) in [6, 6.07) is 0.480. The average Bonchev–Trinajstić information content (AvgIpc) is 2.75. The van der Waals surface area contributed by atoms with Crippen LogP contribution in [0.15, 0.2) is 12.4 Å². The zero-order chi connectivity index (χ0) is 11.8. The van der Waals surface area contributed by atoms with Gasteiger partial charge in [-0.2, -0.15) is 0 Å². The Morgan fingerprint density at radius 2 is 2.06 bits per heavy atom. The maximum atomic E-state index is 5.81. The Hall–Kier alpha value is -1.20. The minimum atomic E-state index is 0.304. The van der Waals surface area contributed by atoms with Gasteiger partial charge in [0.1, 0.15) is 0 Å². The molecule has 2 unspecified atom stereocenters. The third-order valence-corrected chi connectivity index (χ3v) is 3.63. The van der Waals surface area contributed by atoms with Crippen molar-refractivity contribution >= 4 is 5.95 Å². The lowest BCUT2D eigenvalue weighted by atomic mass is 10.1. The molecule has 2 saturated heterocycles. The molecule has 0 saturated carbocycles. The molecule has 3 rings (SSSR count). The van der Waals surface area contributed by atoms with E-state index < -0.39 is 0 Å². The molecule has 5 heteroatoms. The molecule has 5 nitrogen and oxygen atoms in total. The summed E-state index contributed by atoms with van der Waals surface area (Å²) in [7, 11) is 2.17. The van der Waals surface area contributed by atoms with Gasteiger partial charge in [0.05, 0.1) is 18.8 Å². The van der Waals surface area contributed by atoms with Crippen molar-refractivity contribution in [2.24, 2.45) is 0 Å². The highest BCUT2D eigenvalue weighted by atomic mass is 16.5. The Morgan fingerprint density at radius 3 is 2.76 bits per heavy atom. The fourth-order valence-electron chi connectivity index (χ4n) is 2.57. The normalized spacial score (nSPS) is 29.4. The molecule has 2 atom stereocenters. The maximum Gasteiger partial charge on any atom is 0.225 e. The molecule has 2 aliphatic heterocycles. The van der Waals surface area contributed by atoms with Crippen LogP contribution in [0.2, 0.25) is 0 Å². The van der Waals surface area contributed by atoms with Crippen LogP contribution in [0, 0.1) is 6.92 Å². The first kappa shape index (κ1) is 10.9. The largest absolute Gasteiger partial charge is 0.373 e. The summed E-state index contributed by atoms with van der Waals surface area (Å²) in [5.74, 6) is 0.821. The molecule has 92 valence electrons. The first-order chi connectivity index (χ1) is 8.24. The first-order valence-electron chi connectivity index (χ1n) is 6.09. The molecule has 2 fully saturated rings. The lowest BCUT2D eigenvalue weighted by Gasteiger charge is -2.33. The van der Waals surface area contributed by atoms with Crippen molar-refractivity contribution < 1.29 is 4.74 Å². The van der Waals surface area contributed by atoms with Crippen LogP contribution in [0.25, 0.3) is 0 Å². The van der Waals surface area contributed by atoms with E-state index in [1.165, 1.54) is 0 Å². The molecule has 0 amide bonds. The number of anilines is 1. The SMILES string of the molecule is Cc1cnc(N2CC3OCCN(C)C3C2)nc1. The molecule has 0 radical (unpaired) electrons. The van der Waals surface area contributed by atoms with Crippen LogP contribution in [0.3, 0.4) is 0 Å². The highest BCUT2D eigenvalue weighted by molar-refractivity contribution is 5.33. The summed E-state index contributed by atoms with van der Waals surface area (Å²) in [6.07, 6.45) is 4.04. The Kier molecular flexibility index (Phi) is 2.72. The predicted molar refractivity (Wildman–Crippen MR) is 65.1 cm³/mol. The summed E-state index contributed by atoms with van der Waals surface area (Å²) in [5, 5.41) is 0. The average molecular weight is 234 g/mol. The Bertz CT molecular complexity index is 394. The number of hydrogen-bond acceptors (Lipinski definition) is 5. The standard InChI is InChI=1S/C12H18N4O/c1-9-5-13-12(14-6-9)16-7-10-11(8-16)17-4-3-15(10)2/h5-6,10-11H,3-4,7-8H2,1-2H3. The van der Waals surface area contributed by atoms with Gasteiger partial charge < -0.3 is 9.64 Å². The van der Waals surface area contributed by atoms with Gasteiger partial charge in [-0.3, -0.25) is 4.90 Å². The molecule has 2 aliphatic rings. The van der Waals surface area contributed by atoms with Crippen molar-refractivity contribution in [1.82, 2.24) is 14.9 Å². The highest BCUT2D eigenvalue weighted by Crippen LogP contribution is 2.24. The molecule has 17 heavy (non-hydrogen) atoms. The summed E-state index contributed by atoms with van der Waals surface area (Å²) in [6.45, 7) is 5.72. The van der Waals surface area contributed by atoms with E-state index in [0.29, 0.717) is 12.1 Å². The van der Waals surface area contributed by atoms with E-state index in [0.717, 1.165) is 37.8 Å². The van der Waals surface area contributed by atoms with Crippen LogP contribution in [-0.2, 0) is 4.74 Å². The molecular weight excluding hydrogens is 216 g/mol. The fraction of sp³-hybridized carbons (Fsp3) is 0.667. The van der Waals surface area contributed by atoms with Gasteiger partial charge in [0.15, 0.2) is 0 Å². The van der Waals surface area contributed by atoms with E-state index in [-0.39, 0.29) is 0 Å². The van der Waals surface area contributed by atoms with Crippen LogP contribution in [0.1, 0.15) is 5.56 Å². The fourth-order valence-corrected chi connectivity index (χ4v) is 2.57. The van der Waals surface area contributed by atoms with Gasteiger partial charge in [-0.15, -0.1) is 0 Å². The minimum absolute atomic E-state index is 0.304. The van der Waals surface area contributed by atoms with E-state index in [9.17, 15) is 0 Å². The molecule has 0 aliphatic carbocycles. The second-order valence-corrected chi connectivity index (χ2v) is 4.92. The maximum absolute atomic E-state index is 5.81. The van der Waals surface area contributed by atoms with Crippen molar-refractivity contribution in [3.8, 4) is 0 Å². The Labute approximate surface area is 101 Å². The van der Waals surface area contributed by atoms with Crippen molar-refractivity contribution in [2.45, 2.75) is 19.1 Å². The van der Waals surface area contributed by atoms with Gasteiger partial charge in [0, 0.05) is 32.0 Å². The summed E-state index contributed by atoms with van der Waals surface area (Å²) in [5.41, 5.74) is 1.10. The number of rotatable bonds is 1. The van der Waals surface area contributed by atoms with Gasteiger partial charge >= 0.3 is 0 Å². The van der Waals surface area contributed by atoms with E-state index in [2.05, 4.69) is 26.8 Å². The third-order valence-electron chi connectivity index (χ3n) is 3.63. The number of aryl methyl sites for hydroxylation is 1. The van der Waals surface area contributed by atoms with E-state index in [4.69, 9.17) is 4.74 Å². The van der Waals surface area contributed by atoms with E-state index in [1.807, 2.05) is 19.3 Å². The van der Waals surface area contributed by atoms with Crippen LogP contribution in [0.5, 0.6) is 0 Å². The van der Waals surface area contributed by atoms with Gasteiger partial charge in [-0.1, -0.05) is 0 Å². The Morgan fingerprint density at radius 1 is 1.29 bits per heavy atom. The molecule has 0 N–H and O–H groups in total. The van der Waals surface area contributed by atoms with Gasteiger partial charge in [0.25, 0.3) is 0 Å². The van der Waals surface area contributed by atoms with Crippen LogP contribution >= 0.6 is 0 Å². The number of likely N-dealkylation sites (N-methyl/N-ethyl adjacent to an activating group) is 1. The number of morpholine rings is 1. The topological polar surface area (TPSA) is 41.5 Å². The molecule has 1 aromatic rings. The van der Waals surface area contributed by atoms with Gasteiger partial charge in [-0.05, 0) is 19.5 Å². The second kappa shape index (κ2) is 4.23. The molecular formula is C12H18N4O. The quantitative estimate of drug-likeness (QED) is 0.699. The minimum Gasteiger partial charge on any atom is -0.373 e. The van der Waals surface area contributed by atoms with Crippen molar-refractivity contribution in [2.75, 3.05) is 38.2 Å². The zero-order valence-corrected chi connectivity index (χ0v) is 10.3. The van der Waals surface area contributed by atoms with E-state index in [1.54, 1.807) is 0 Å². The number of ether oxygens (including phenoxy) is 1. The molecule has 0 spiro atoms. The summed E-state index contributed by atoms with van der Waals surface area (Å²) in [4.78, 5) is 13.4. The molecule has 3 heterocycles. The van der Waals surface area contributed by atoms with Gasteiger partial charge in [-0.25, -0.2) is 9.97 Å². The smallest absolute Gasteiger partial charge is 0.225 e. The second-order valence-electron chi connectivity index (χ2n) is 4.92. The molecule has 1 aromatic heterocycles. The van der Waals surface area contributed by atoms with Crippen LogP contribution in [-0.4, -0.2) is 60.3 Å². The predicted octanol–water partition coefficient (Wildman–Crippen LogP) is 0.304. The highest BCUT2D eigenvalue weighted by Gasteiger charge is 2.39. The number of nitrogens with zero attached hydrogens (tertiary/aromatic N) is 4. The third kappa shape index (κ3) is 2.00. The number of aromatic nitrogens is 2. The summed E-state index contributed by atoms with van der Waals surface area (Å²) >= 11 is 0. The first-order valence-corrected chi connectivity index (χ1v) is 6.09. The molecule has 0 bridgehead atoms. The lowest BCUT2D eigenvalue weighted by Crippen LogP contribution is -2.48. The monoisotopic (exact) mass is 234 g/mol. The van der Waals surface area contributed by atoms with Crippen molar-refractivity contribution in [3.63, 3.8) is 0 Å². The zero-order valence-electron chi connectivity index (χ0n) is 10.3. The molecule has 0 aromatic carbocycles. The Balaban J connectivity index is 1.76. The summed E-state index contributed by atoms with van der Waals surface area (Å²) < 4.78 is 5.81. The van der Waals surface area contributed by atoms with Crippen molar-refractivity contribution in [3.05, 3.63) is 18.0 Å². The lowest BCUT2D eigenvalue weighted by molar-refractivity contribution is -0.0362. The van der Waals surface area contributed by atoms with Crippen LogP contribution in [0.4, 0.5) is 5.95 Å². The van der Waals surface area contributed by atoms with Crippen LogP contribution < -0.4 is 4.90 Å². The van der Waals surface area contributed by atoms with Crippen molar-refractivity contribution in [1.29, 1.82) is 0 Å².